The second-order valence-electron chi connectivity index (χ2n) is 6.21. The van der Waals surface area contributed by atoms with Crippen LogP contribution in [-0.4, -0.2) is 36.4 Å². The highest BCUT2D eigenvalue weighted by atomic mass is 16.5. The van der Waals surface area contributed by atoms with Crippen molar-refractivity contribution in [3.8, 4) is 0 Å². The molecule has 0 saturated carbocycles. The van der Waals surface area contributed by atoms with Crippen molar-refractivity contribution in [2.75, 3.05) is 13.2 Å². The highest BCUT2D eigenvalue weighted by molar-refractivity contribution is 5.76. The third kappa shape index (κ3) is 5.78. The molecule has 4 heteroatoms. The minimum Gasteiger partial charge on any atom is -0.391 e. The van der Waals surface area contributed by atoms with Gasteiger partial charge in [0.25, 0.3) is 0 Å². The number of aliphatic hydroxyl groups excluding tert-OH is 1. The van der Waals surface area contributed by atoms with Crippen LogP contribution in [0.25, 0.3) is 0 Å². The average molecular weight is 305 g/mol. The fourth-order valence-corrected chi connectivity index (χ4v) is 2.82. The zero-order chi connectivity index (χ0) is 15.8. The van der Waals surface area contributed by atoms with Gasteiger partial charge < -0.3 is 15.2 Å². The van der Waals surface area contributed by atoms with Crippen molar-refractivity contribution in [3.05, 3.63) is 35.9 Å². The van der Waals surface area contributed by atoms with Crippen molar-refractivity contribution in [1.82, 2.24) is 5.32 Å². The van der Waals surface area contributed by atoms with E-state index in [2.05, 4.69) is 5.32 Å². The fourth-order valence-electron chi connectivity index (χ4n) is 2.82. The van der Waals surface area contributed by atoms with Crippen LogP contribution in [0.1, 0.15) is 38.2 Å². The number of nitrogens with one attached hydrogen (secondary N) is 1. The minimum atomic E-state index is -0.561. The quantitative estimate of drug-likeness (QED) is 0.812. The summed E-state index contributed by atoms with van der Waals surface area (Å²) < 4.78 is 5.33. The Bertz CT molecular complexity index is 443. The molecule has 1 fully saturated rings. The number of aliphatic hydroxyl groups is 1. The maximum absolute atomic E-state index is 12.0. The molecule has 2 unspecified atom stereocenters. The molecule has 22 heavy (non-hydrogen) atoms. The first-order valence-corrected chi connectivity index (χ1v) is 8.24. The van der Waals surface area contributed by atoms with Crippen molar-refractivity contribution in [2.24, 2.45) is 5.92 Å². The van der Waals surface area contributed by atoms with Crippen molar-refractivity contribution < 1.29 is 14.6 Å². The van der Waals surface area contributed by atoms with Gasteiger partial charge in [0.2, 0.25) is 5.91 Å². The predicted molar refractivity (Wildman–Crippen MR) is 86.5 cm³/mol. The van der Waals surface area contributed by atoms with E-state index in [4.69, 9.17) is 4.74 Å². The van der Waals surface area contributed by atoms with E-state index in [0.29, 0.717) is 18.8 Å². The SMILES string of the molecule is CC(NC(=O)CCC1CCOCC1)C(O)Cc1ccccc1. The van der Waals surface area contributed by atoms with Gasteiger partial charge in [-0.1, -0.05) is 30.3 Å². The first kappa shape index (κ1) is 17.0. The third-order valence-corrected chi connectivity index (χ3v) is 4.37. The lowest BCUT2D eigenvalue weighted by Gasteiger charge is -2.23. The summed E-state index contributed by atoms with van der Waals surface area (Å²) in [6, 6.07) is 9.61. The van der Waals surface area contributed by atoms with E-state index in [9.17, 15) is 9.90 Å². The molecule has 1 aliphatic rings. The van der Waals surface area contributed by atoms with Crippen LogP contribution in [0, 0.1) is 5.92 Å². The highest BCUT2D eigenvalue weighted by Crippen LogP contribution is 2.19. The number of carbonyl (C=O) groups is 1. The Hall–Kier alpha value is -1.39. The fraction of sp³-hybridized carbons (Fsp3) is 0.611. The summed E-state index contributed by atoms with van der Waals surface area (Å²) in [7, 11) is 0. The Kier molecular flexibility index (Phi) is 6.87. The summed E-state index contributed by atoms with van der Waals surface area (Å²) in [4.78, 5) is 12.0. The van der Waals surface area contributed by atoms with Gasteiger partial charge in [-0.25, -0.2) is 0 Å². The first-order chi connectivity index (χ1) is 10.6. The van der Waals surface area contributed by atoms with E-state index in [-0.39, 0.29) is 11.9 Å². The summed E-state index contributed by atoms with van der Waals surface area (Å²) in [6.07, 6.45) is 3.56. The third-order valence-electron chi connectivity index (χ3n) is 4.37. The smallest absolute Gasteiger partial charge is 0.220 e. The molecule has 1 heterocycles. The van der Waals surface area contributed by atoms with E-state index in [0.717, 1.165) is 38.0 Å². The van der Waals surface area contributed by atoms with E-state index < -0.39 is 6.10 Å². The molecule has 1 amide bonds. The Morgan fingerprint density at radius 2 is 2.00 bits per heavy atom. The van der Waals surface area contributed by atoms with Gasteiger partial charge in [-0.3, -0.25) is 4.79 Å². The highest BCUT2D eigenvalue weighted by Gasteiger charge is 2.19. The predicted octanol–water partition coefficient (Wildman–Crippen LogP) is 2.30. The zero-order valence-corrected chi connectivity index (χ0v) is 13.3. The lowest BCUT2D eigenvalue weighted by molar-refractivity contribution is -0.123. The van der Waals surface area contributed by atoms with E-state index in [1.807, 2.05) is 37.3 Å². The number of ether oxygens (including phenoxy) is 1. The molecule has 2 rings (SSSR count). The summed E-state index contributed by atoms with van der Waals surface area (Å²) in [5.74, 6) is 0.634. The standard InChI is InChI=1S/C18H27NO3/c1-14(17(20)13-16-5-3-2-4-6-16)19-18(21)8-7-15-9-11-22-12-10-15/h2-6,14-15,17,20H,7-13H2,1H3,(H,19,21). The number of amides is 1. The Balaban J connectivity index is 1.68. The van der Waals surface area contributed by atoms with E-state index in [1.54, 1.807) is 0 Å². The Labute approximate surface area is 132 Å². The van der Waals surface area contributed by atoms with Crippen LogP contribution in [0.3, 0.4) is 0 Å². The molecule has 0 bridgehead atoms. The Morgan fingerprint density at radius 1 is 1.32 bits per heavy atom. The molecule has 122 valence electrons. The molecular weight excluding hydrogens is 278 g/mol. The molecule has 4 nitrogen and oxygen atoms in total. The van der Waals surface area contributed by atoms with Gasteiger partial charge in [0.05, 0.1) is 12.1 Å². The van der Waals surface area contributed by atoms with Gasteiger partial charge in [0, 0.05) is 26.1 Å². The largest absolute Gasteiger partial charge is 0.391 e. The molecule has 2 N–H and O–H groups in total. The van der Waals surface area contributed by atoms with E-state index >= 15 is 0 Å². The average Bonchev–Trinajstić information content (AvgIpc) is 2.55. The Morgan fingerprint density at radius 3 is 2.68 bits per heavy atom. The van der Waals surface area contributed by atoms with E-state index in [1.165, 1.54) is 0 Å². The molecule has 2 atom stereocenters. The maximum atomic E-state index is 12.0. The summed E-state index contributed by atoms with van der Waals surface area (Å²) in [5, 5.41) is 13.1. The van der Waals surface area contributed by atoms with Crippen molar-refractivity contribution in [1.29, 1.82) is 0 Å². The van der Waals surface area contributed by atoms with Gasteiger partial charge >= 0.3 is 0 Å². The molecule has 1 aromatic carbocycles. The molecular formula is C18H27NO3. The normalized spacial score (nSPS) is 18.6. The second kappa shape index (κ2) is 8.91. The number of benzene rings is 1. The van der Waals surface area contributed by atoms with Crippen LogP contribution < -0.4 is 5.32 Å². The molecule has 0 aliphatic carbocycles. The van der Waals surface area contributed by atoms with Gasteiger partial charge in [-0.2, -0.15) is 0 Å². The lowest BCUT2D eigenvalue weighted by Crippen LogP contribution is -2.42. The van der Waals surface area contributed by atoms with Crippen LogP contribution >= 0.6 is 0 Å². The topological polar surface area (TPSA) is 58.6 Å². The second-order valence-corrected chi connectivity index (χ2v) is 6.21. The van der Waals surface area contributed by atoms with Crippen molar-refractivity contribution in [2.45, 2.75) is 51.2 Å². The van der Waals surface area contributed by atoms with Crippen LogP contribution in [0.15, 0.2) is 30.3 Å². The van der Waals surface area contributed by atoms with Crippen LogP contribution in [-0.2, 0) is 16.0 Å². The van der Waals surface area contributed by atoms with Gasteiger partial charge in [0.15, 0.2) is 0 Å². The molecule has 0 aromatic heterocycles. The minimum absolute atomic E-state index is 0.0334. The molecule has 0 spiro atoms. The lowest BCUT2D eigenvalue weighted by atomic mass is 9.94. The van der Waals surface area contributed by atoms with Gasteiger partial charge in [-0.05, 0) is 37.7 Å². The monoisotopic (exact) mass is 305 g/mol. The number of hydrogen-bond donors (Lipinski definition) is 2. The van der Waals surface area contributed by atoms with Crippen molar-refractivity contribution >= 4 is 5.91 Å². The number of carbonyl (C=O) groups excluding carboxylic acids is 1. The summed E-state index contributed by atoms with van der Waals surface area (Å²) in [5.41, 5.74) is 1.08. The molecule has 1 aromatic rings. The maximum Gasteiger partial charge on any atom is 0.220 e. The zero-order valence-electron chi connectivity index (χ0n) is 13.3. The van der Waals surface area contributed by atoms with Crippen LogP contribution in [0.4, 0.5) is 0 Å². The summed E-state index contributed by atoms with van der Waals surface area (Å²) in [6.45, 7) is 3.50. The van der Waals surface area contributed by atoms with Crippen LogP contribution in [0.2, 0.25) is 0 Å². The molecule has 0 radical (unpaired) electrons. The molecule has 1 aliphatic heterocycles. The van der Waals surface area contributed by atoms with Gasteiger partial charge in [-0.15, -0.1) is 0 Å². The van der Waals surface area contributed by atoms with Crippen molar-refractivity contribution in [3.63, 3.8) is 0 Å². The van der Waals surface area contributed by atoms with Crippen LogP contribution in [0.5, 0.6) is 0 Å². The summed E-state index contributed by atoms with van der Waals surface area (Å²) >= 11 is 0. The first-order valence-electron chi connectivity index (χ1n) is 8.24. The number of rotatable bonds is 7. The number of hydrogen-bond acceptors (Lipinski definition) is 3. The molecule has 1 saturated heterocycles. The van der Waals surface area contributed by atoms with Gasteiger partial charge in [0.1, 0.15) is 0 Å².